The largest absolute Gasteiger partial charge is 0.351 e. The number of rotatable bonds is 5. The molecule has 10 heteroatoms. The molecule has 3 aromatic rings. The molecule has 3 heterocycles. The number of fused-ring (bicyclic) bond motifs is 1. The van der Waals surface area contributed by atoms with Gasteiger partial charge in [-0.15, -0.1) is 0 Å². The Hall–Kier alpha value is -4.05. The fourth-order valence-electron chi connectivity index (χ4n) is 5.78. The molecule has 1 atom stereocenters. The molecule has 41 heavy (non-hydrogen) atoms. The van der Waals surface area contributed by atoms with Crippen molar-refractivity contribution in [3.8, 4) is 0 Å². The summed E-state index contributed by atoms with van der Waals surface area (Å²) in [4.78, 5) is 47.9. The third-order valence-electron chi connectivity index (χ3n) is 7.97. The van der Waals surface area contributed by atoms with E-state index in [2.05, 4.69) is 25.6 Å². The Morgan fingerprint density at radius 1 is 0.976 bits per heavy atom. The predicted octanol–water partition coefficient (Wildman–Crippen LogP) is 1.89. The molecule has 0 saturated heterocycles. The number of pyridine rings is 1. The average Bonchev–Trinajstić information content (AvgIpc) is 3.31. The smallest absolute Gasteiger partial charge is 0.272 e. The number of nitrogens with one attached hydrogen (secondary N) is 2. The van der Waals surface area contributed by atoms with Crippen LogP contribution in [0.25, 0.3) is 0 Å². The lowest BCUT2D eigenvalue weighted by molar-refractivity contribution is -0.136. The number of carbonyl (C=O) groups excluding carboxylic acids is 3. The lowest BCUT2D eigenvalue weighted by atomic mass is 9.91. The summed E-state index contributed by atoms with van der Waals surface area (Å²) in [6, 6.07) is 13.9. The monoisotopic (exact) mass is 557 g/mol. The number of amides is 3. The van der Waals surface area contributed by atoms with Crippen molar-refractivity contribution in [2.75, 3.05) is 32.7 Å². The Balaban J connectivity index is 1.35. The van der Waals surface area contributed by atoms with Crippen LogP contribution in [0, 0.1) is 0 Å². The highest BCUT2D eigenvalue weighted by Gasteiger charge is 2.30. The molecule has 1 aliphatic heterocycles. The summed E-state index contributed by atoms with van der Waals surface area (Å²) in [6.45, 7) is 2.98. The van der Waals surface area contributed by atoms with Crippen molar-refractivity contribution in [2.45, 2.75) is 51.1 Å². The van der Waals surface area contributed by atoms with E-state index in [4.69, 9.17) is 0 Å². The van der Waals surface area contributed by atoms with E-state index in [1.807, 2.05) is 49.5 Å². The zero-order valence-electron chi connectivity index (χ0n) is 23.7. The van der Waals surface area contributed by atoms with Crippen LogP contribution < -0.4 is 10.6 Å². The molecule has 2 aliphatic rings. The Kier molecular flexibility index (Phi) is 9.40. The molecule has 2 bridgehead atoms. The third-order valence-corrected chi connectivity index (χ3v) is 7.97. The first kappa shape index (κ1) is 28.5. The van der Waals surface area contributed by atoms with E-state index in [9.17, 15) is 14.4 Å². The van der Waals surface area contributed by atoms with Crippen molar-refractivity contribution in [3.05, 3.63) is 82.9 Å². The van der Waals surface area contributed by atoms with Crippen molar-refractivity contribution in [2.24, 2.45) is 7.05 Å². The molecule has 2 N–H and O–H groups in total. The Morgan fingerprint density at radius 2 is 1.78 bits per heavy atom. The molecule has 0 spiro atoms. The first-order valence-electron chi connectivity index (χ1n) is 14.5. The molecule has 1 aliphatic carbocycles. The molecule has 0 fully saturated rings. The van der Waals surface area contributed by atoms with Gasteiger partial charge in [0.25, 0.3) is 5.91 Å². The van der Waals surface area contributed by atoms with E-state index in [1.54, 1.807) is 22.0 Å². The van der Waals surface area contributed by atoms with Gasteiger partial charge in [0.2, 0.25) is 11.8 Å². The summed E-state index contributed by atoms with van der Waals surface area (Å²) in [5, 5.41) is 10.7. The van der Waals surface area contributed by atoms with Gasteiger partial charge in [0, 0.05) is 69.3 Å². The number of benzene rings is 1. The van der Waals surface area contributed by atoms with Crippen molar-refractivity contribution in [3.63, 3.8) is 0 Å². The number of aromatic nitrogens is 3. The van der Waals surface area contributed by atoms with Crippen molar-refractivity contribution in [1.82, 2.24) is 35.2 Å². The van der Waals surface area contributed by atoms with E-state index in [1.165, 1.54) is 0 Å². The van der Waals surface area contributed by atoms with E-state index in [0.29, 0.717) is 64.1 Å². The van der Waals surface area contributed by atoms with Gasteiger partial charge in [-0.1, -0.05) is 30.3 Å². The van der Waals surface area contributed by atoms with Gasteiger partial charge in [0.15, 0.2) is 5.69 Å². The fraction of sp³-hybridized carbons (Fsp3) is 0.452. The van der Waals surface area contributed by atoms with Crippen LogP contribution >= 0.6 is 0 Å². The average molecular weight is 558 g/mol. The summed E-state index contributed by atoms with van der Waals surface area (Å²) in [5.41, 5.74) is 4.63. The number of hydrogen-bond acceptors (Lipinski definition) is 6. The first-order chi connectivity index (χ1) is 20.0. The van der Waals surface area contributed by atoms with Crippen molar-refractivity contribution >= 4 is 17.7 Å². The summed E-state index contributed by atoms with van der Waals surface area (Å²) >= 11 is 0. The molecule has 10 nitrogen and oxygen atoms in total. The lowest BCUT2D eigenvalue weighted by Crippen LogP contribution is -2.46. The second-order valence-electron chi connectivity index (χ2n) is 10.9. The summed E-state index contributed by atoms with van der Waals surface area (Å²) in [6.07, 6.45) is 7.27. The molecule has 5 rings (SSSR count). The van der Waals surface area contributed by atoms with Crippen LogP contribution in [0.1, 0.15) is 52.1 Å². The minimum atomic E-state index is -0.190. The topological polar surface area (TPSA) is 112 Å². The van der Waals surface area contributed by atoms with E-state index < -0.39 is 0 Å². The molecule has 3 amide bonds. The van der Waals surface area contributed by atoms with Crippen LogP contribution in [0.15, 0.2) is 54.9 Å². The zero-order valence-corrected chi connectivity index (χ0v) is 23.7. The number of hydrogen-bond donors (Lipinski definition) is 2. The number of aryl methyl sites for hydroxylation is 1. The van der Waals surface area contributed by atoms with E-state index >= 15 is 0 Å². The zero-order chi connectivity index (χ0) is 28.6. The van der Waals surface area contributed by atoms with Gasteiger partial charge >= 0.3 is 0 Å². The van der Waals surface area contributed by atoms with Gasteiger partial charge in [-0.2, -0.15) is 5.10 Å². The van der Waals surface area contributed by atoms with Crippen LogP contribution in [-0.4, -0.2) is 81.1 Å². The second kappa shape index (κ2) is 13.5. The van der Waals surface area contributed by atoms with Gasteiger partial charge in [-0.3, -0.25) is 28.9 Å². The van der Waals surface area contributed by atoms with Crippen LogP contribution in [0.5, 0.6) is 0 Å². The van der Waals surface area contributed by atoms with Gasteiger partial charge in [0.05, 0.1) is 6.54 Å². The highest BCUT2D eigenvalue weighted by atomic mass is 16.2. The van der Waals surface area contributed by atoms with E-state index in [-0.39, 0.29) is 30.3 Å². The molecule has 2 aromatic heterocycles. The maximum Gasteiger partial charge on any atom is 0.272 e. The maximum absolute atomic E-state index is 13.4. The third kappa shape index (κ3) is 7.58. The van der Waals surface area contributed by atoms with Gasteiger partial charge in [0.1, 0.15) is 0 Å². The number of carbonyl (C=O) groups is 3. The minimum Gasteiger partial charge on any atom is -0.351 e. The molecule has 1 unspecified atom stereocenters. The Bertz CT molecular complexity index is 1340. The van der Waals surface area contributed by atoms with Gasteiger partial charge in [-0.05, 0) is 61.9 Å². The SMILES string of the molecule is Cn1nc2c3c1CCC(C3)NC(=O)CN(CCc1ccccc1)C(=O)CCCN(Cc1ccncc1)CCNC2=O. The highest BCUT2D eigenvalue weighted by molar-refractivity contribution is 5.94. The minimum absolute atomic E-state index is 0.0157. The normalized spacial score (nSPS) is 19.4. The molecule has 1 aromatic carbocycles. The van der Waals surface area contributed by atoms with Crippen LogP contribution in [0.3, 0.4) is 0 Å². The summed E-state index contributed by atoms with van der Waals surface area (Å²) in [7, 11) is 1.87. The summed E-state index contributed by atoms with van der Waals surface area (Å²) in [5.74, 6) is -0.374. The fourth-order valence-corrected chi connectivity index (χ4v) is 5.78. The maximum atomic E-state index is 13.4. The molecule has 0 saturated carbocycles. The van der Waals surface area contributed by atoms with Crippen LogP contribution in [0.4, 0.5) is 0 Å². The standard InChI is InChI=1S/C31H39N7O3/c1-36-27-10-9-25-20-26(27)30(35-36)31(41)33-16-19-37(21-24-11-14-32-15-12-24)17-5-8-29(40)38(22-28(39)34-25)18-13-23-6-3-2-4-7-23/h2-4,6-7,11-12,14-15,25H,5,8-10,13,16-22H2,1H3,(H,33,41)(H,34,39). The molecular weight excluding hydrogens is 518 g/mol. The molecule has 0 radical (unpaired) electrons. The Morgan fingerprint density at radius 3 is 2.59 bits per heavy atom. The quantitative estimate of drug-likeness (QED) is 0.496. The predicted molar refractivity (Wildman–Crippen MR) is 155 cm³/mol. The van der Waals surface area contributed by atoms with Crippen LogP contribution in [0.2, 0.25) is 0 Å². The van der Waals surface area contributed by atoms with Crippen LogP contribution in [-0.2, 0) is 42.4 Å². The number of nitrogens with zero attached hydrogens (tertiary/aromatic N) is 5. The Labute approximate surface area is 241 Å². The lowest BCUT2D eigenvalue weighted by Gasteiger charge is -2.27. The van der Waals surface area contributed by atoms with Crippen molar-refractivity contribution < 1.29 is 14.4 Å². The molecule has 216 valence electrons. The highest BCUT2D eigenvalue weighted by Crippen LogP contribution is 2.24. The first-order valence-corrected chi connectivity index (χ1v) is 14.5. The van der Waals surface area contributed by atoms with Gasteiger partial charge in [-0.25, -0.2) is 0 Å². The second-order valence-corrected chi connectivity index (χ2v) is 10.9. The summed E-state index contributed by atoms with van der Waals surface area (Å²) < 4.78 is 1.79. The van der Waals surface area contributed by atoms with Gasteiger partial charge < -0.3 is 15.5 Å². The van der Waals surface area contributed by atoms with Crippen molar-refractivity contribution in [1.29, 1.82) is 0 Å². The molecular formula is C31H39N7O3. The van der Waals surface area contributed by atoms with E-state index in [0.717, 1.165) is 35.2 Å².